The number of nitrogens with zero attached hydrogens (tertiary/aromatic N) is 3. The van der Waals surface area contributed by atoms with E-state index in [9.17, 15) is 0 Å². The van der Waals surface area contributed by atoms with E-state index in [1.807, 2.05) is 18.7 Å². The fourth-order valence-corrected chi connectivity index (χ4v) is 5.73. The van der Waals surface area contributed by atoms with Crippen molar-refractivity contribution in [3.63, 3.8) is 0 Å². The molecular weight excluding hydrogens is 304 g/mol. The molecule has 3 heterocycles. The van der Waals surface area contributed by atoms with Crippen LogP contribution in [-0.4, -0.2) is 50.3 Å². The summed E-state index contributed by atoms with van der Waals surface area (Å²) < 4.78 is 8.31. The molecular formula is C14H24N4OS2. The van der Waals surface area contributed by atoms with Crippen LogP contribution in [0.25, 0.3) is 0 Å². The van der Waals surface area contributed by atoms with Crippen LogP contribution in [-0.2, 0) is 11.3 Å². The number of hydrogen-bond acceptors (Lipinski definition) is 6. The molecule has 0 aliphatic carbocycles. The average Bonchev–Trinajstić information content (AvgIpc) is 2.82. The molecule has 7 heteroatoms. The first-order chi connectivity index (χ1) is 10.2. The van der Waals surface area contributed by atoms with Gasteiger partial charge in [0.15, 0.2) is 5.16 Å². The maximum absolute atomic E-state index is 6.17. The van der Waals surface area contributed by atoms with E-state index in [0.29, 0.717) is 11.8 Å². The summed E-state index contributed by atoms with van der Waals surface area (Å²) in [5.74, 6) is 3.43. The molecule has 21 heavy (non-hydrogen) atoms. The number of nitrogens with two attached hydrogens (primary N) is 1. The monoisotopic (exact) mass is 328 g/mol. The molecule has 2 aliphatic heterocycles. The molecule has 1 aromatic heterocycles. The summed E-state index contributed by atoms with van der Waals surface area (Å²) >= 11 is 3.92. The number of ether oxygens (including phenoxy) is 1. The molecule has 5 nitrogen and oxygen atoms in total. The topological polar surface area (TPSA) is 66.0 Å². The summed E-state index contributed by atoms with van der Waals surface area (Å²) in [5.41, 5.74) is 5.83. The maximum atomic E-state index is 6.17. The summed E-state index contributed by atoms with van der Waals surface area (Å²) in [5, 5.41) is 10.1. The minimum Gasteiger partial charge on any atom is -0.375 e. The molecule has 0 saturated carbocycles. The molecule has 2 saturated heterocycles. The summed E-state index contributed by atoms with van der Waals surface area (Å²) in [6.07, 6.45) is 4.65. The Balaban J connectivity index is 1.67. The second-order valence-electron chi connectivity index (χ2n) is 5.85. The van der Waals surface area contributed by atoms with Crippen molar-refractivity contribution in [2.75, 3.05) is 24.7 Å². The fraction of sp³-hybridized carbons (Fsp3) is 0.857. The molecule has 0 amide bonds. The maximum Gasteiger partial charge on any atom is 0.191 e. The lowest BCUT2D eigenvalue weighted by molar-refractivity contribution is -0.0805. The zero-order chi connectivity index (χ0) is 14.7. The van der Waals surface area contributed by atoms with Gasteiger partial charge in [0.1, 0.15) is 5.82 Å². The van der Waals surface area contributed by atoms with E-state index >= 15 is 0 Å². The van der Waals surface area contributed by atoms with E-state index in [1.54, 1.807) is 0 Å². The van der Waals surface area contributed by atoms with Crippen molar-refractivity contribution in [2.24, 2.45) is 5.73 Å². The Labute approximate surface area is 134 Å². The quantitative estimate of drug-likeness (QED) is 0.913. The number of thioether (sulfide) groups is 2. The van der Waals surface area contributed by atoms with Gasteiger partial charge >= 0.3 is 0 Å². The van der Waals surface area contributed by atoms with Gasteiger partial charge in [-0.2, -0.15) is 11.8 Å². The van der Waals surface area contributed by atoms with Crippen molar-refractivity contribution < 1.29 is 4.74 Å². The molecule has 1 aromatic rings. The molecule has 118 valence electrons. The lowest BCUT2D eigenvalue weighted by Crippen LogP contribution is -2.43. The van der Waals surface area contributed by atoms with Gasteiger partial charge in [-0.15, -0.1) is 10.2 Å². The second kappa shape index (κ2) is 6.89. The molecule has 0 aromatic carbocycles. The van der Waals surface area contributed by atoms with Crippen molar-refractivity contribution in [2.45, 2.75) is 55.2 Å². The highest BCUT2D eigenvalue weighted by Gasteiger charge is 2.39. The van der Waals surface area contributed by atoms with E-state index in [4.69, 9.17) is 10.5 Å². The van der Waals surface area contributed by atoms with Crippen molar-refractivity contribution in [1.29, 1.82) is 0 Å². The smallest absolute Gasteiger partial charge is 0.191 e. The van der Waals surface area contributed by atoms with Crippen molar-refractivity contribution >= 4 is 23.5 Å². The molecule has 0 bridgehead atoms. The van der Waals surface area contributed by atoms with Crippen LogP contribution in [0.4, 0.5) is 0 Å². The number of aryl methyl sites for hydroxylation is 1. The van der Waals surface area contributed by atoms with Crippen LogP contribution >= 0.6 is 23.5 Å². The number of rotatable bonds is 4. The van der Waals surface area contributed by atoms with E-state index in [0.717, 1.165) is 37.0 Å². The highest BCUT2D eigenvalue weighted by Crippen LogP contribution is 2.42. The Morgan fingerprint density at radius 3 is 3.00 bits per heavy atom. The Morgan fingerprint density at radius 1 is 1.43 bits per heavy atom. The Hall–Kier alpha value is -0.240. The third kappa shape index (κ3) is 3.57. The molecule has 0 radical (unpaired) electrons. The van der Waals surface area contributed by atoms with Gasteiger partial charge in [-0.05, 0) is 44.1 Å². The van der Waals surface area contributed by atoms with Crippen LogP contribution in [0.2, 0.25) is 0 Å². The molecule has 1 atom stereocenters. The average molecular weight is 329 g/mol. The Kier molecular flexibility index (Phi) is 5.14. The minimum atomic E-state index is 0.134. The molecule has 2 N–H and O–H groups in total. The Bertz CT molecular complexity index is 468. The van der Waals surface area contributed by atoms with Crippen LogP contribution in [0.5, 0.6) is 0 Å². The highest BCUT2D eigenvalue weighted by molar-refractivity contribution is 7.99. The first kappa shape index (κ1) is 15.6. The lowest BCUT2D eigenvalue weighted by atomic mass is 9.88. The predicted octanol–water partition coefficient (Wildman–Crippen LogP) is 2.08. The number of aromatic nitrogens is 3. The van der Waals surface area contributed by atoms with Crippen molar-refractivity contribution in [1.82, 2.24) is 14.8 Å². The van der Waals surface area contributed by atoms with E-state index < -0.39 is 0 Å². The van der Waals surface area contributed by atoms with Gasteiger partial charge in [-0.1, -0.05) is 11.8 Å². The summed E-state index contributed by atoms with van der Waals surface area (Å²) in [4.78, 5) is 0. The van der Waals surface area contributed by atoms with E-state index in [1.165, 1.54) is 24.3 Å². The highest BCUT2D eigenvalue weighted by atomic mass is 32.2. The summed E-state index contributed by atoms with van der Waals surface area (Å²) in [6, 6.07) is 0. The molecule has 3 rings (SSSR count). The van der Waals surface area contributed by atoms with Gasteiger partial charge in [0.2, 0.25) is 0 Å². The molecule has 1 spiro atoms. The third-order valence-electron chi connectivity index (χ3n) is 4.38. The third-order valence-corrected chi connectivity index (χ3v) is 6.61. The van der Waals surface area contributed by atoms with Crippen molar-refractivity contribution in [3.05, 3.63) is 5.82 Å². The second-order valence-corrected chi connectivity index (χ2v) is 8.34. The van der Waals surface area contributed by atoms with Crippen LogP contribution in [0, 0.1) is 6.92 Å². The first-order valence-electron chi connectivity index (χ1n) is 7.71. The number of hydrogen-bond donors (Lipinski definition) is 1. The SMILES string of the molecule is Cc1nnc(SC2CCOC3(CCSCC3)C2)n1CCN. The zero-order valence-electron chi connectivity index (χ0n) is 12.6. The van der Waals surface area contributed by atoms with Gasteiger partial charge < -0.3 is 15.0 Å². The van der Waals surface area contributed by atoms with E-state index in [-0.39, 0.29) is 5.60 Å². The van der Waals surface area contributed by atoms with Gasteiger partial charge in [0.25, 0.3) is 0 Å². The van der Waals surface area contributed by atoms with E-state index in [2.05, 4.69) is 26.5 Å². The standard InChI is InChI=1S/C14H24N4OS2/c1-11-16-17-13(18(11)6-5-15)21-12-2-7-19-14(10-12)3-8-20-9-4-14/h12H,2-10,15H2,1H3. The fourth-order valence-electron chi connectivity index (χ4n) is 3.16. The predicted molar refractivity (Wildman–Crippen MR) is 87.9 cm³/mol. The molecule has 2 fully saturated rings. The van der Waals surface area contributed by atoms with Gasteiger partial charge in [0.05, 0.1) is 5.60 Å². The van der Waals surface area contributed by atoms with Crippen molar-refractivity contribution in [3.8, 4) is 0 Å². The van der Waals surface area contributed by atoms with Gasteiger partial charge in [-0.3, -0.25) is 0 Å². The summed E-state index contributed by atoms with van der Waals surface area (Å²) in [6.45, 7) is 4.30. The normalized spacial score (nSPS) is 25.3. The first-order valence-corrected chi connectivity index (χ1v) is 9.74. The van der Waals surface area contributed by atoms with Gasteiger partial charge in [0, 0.05) is 24.9 Å². The largest absolute Gasteiger partial charge is 0.375 e. The minimum absolute atomic E-state index is 0.134. The molecule has 2 aliphatic rings. The van der Waals surface area contributed by atoms with Crippen LogP contribution < -0.4 is 5.73 Å². The zero-order valence-corrected chi connectivity index (χ0v) is 14.2. The lowest BCUT2D eigenvalue weighted by Gasteiger charge is -2.43. The Morgan fingerprint density at radius 2 is 2.24 bits per heavy atom. The molecule has 1 unspecified atom stereocenters. The summed E-state index contributed by atoms with van der Waals surface area (Å²) in [7, 11) is 0. The van der Waals surface area contributed by atoms with Crippen LogP contribution in [0.1, 0.15) is 31.5 Å². The van der Waals surface area contributed by atoms with Crippen LogP contribution in [0.3, 0.4) is 0 Å². The van der Waals surface area contributed by atoms with Crippen LogP contribution in [0.15, 0.2) is 5.16 Å². The van der Waals surface area contributed by atoms with Gasteiger partial charge in [-0.25, -0.2) is 0 Å².